The van der Waals surface area contributed by atoms with Crippen LogP contribution in [0.5, 0.6) is 0 Å². The molecule has 0 spiro atoms. The summed E-state index contributed by atoms with van der Waals surface area (Å²) in [6, 6.07) is 6.87. The van der Waals surface area contributed by atoms with Crippen molar-refractivity contribution in [1.29, 1.82) is 0 Å². The van der Waals surface area contributed by atoms with Gasteiger partial charge in [-0.1, -0.05) is 12.1 Å². The van der Waals surface area contributed by atoms with Gasteiger partial charge >= 0.3 is 0 Å². The van der Waals surface area contributed by atoms with Gasteiger partial charge in [0.1, 0.15) is 0 Å². The van der Waals surface area contributed by atoms with E-state index in [4.69, 9.17) is 5.73 Å². The molecule has 1 aromatic rings. The summed E-state index contributed by atoms with van der Waals surface area (Å²) in [4.78, 5) is 0.305. The Hall–Kier alpha value is -0.950. The maximum absolute atomic E-state index is 12.5. The van der Waals surface area contributed by atoms with Crippen molar-refractivity contribution in [2.75, 3.05) is 19.6 Å². The predicted molar refractivity (Wildman–Crippen MR) is 77.8 cm³/mol. The number of benzene rings is 1. The van der Waals surface area contributed by atoms with Crippen molar-refractivity contribution in [2.45, 2.75) is 36.7 Å². The van der Waals surface area contributed by atoms with Crippen LogP contribution < -0.4 is 5.73 Å². The lowest BCUT2D eigenvalue weighted by molar-refractivity contribution is 0.0126. The van der Waals surface area contributed by atoms with E-state index >= 15 is 0 Å². The Bertz CT molecular complexity index is 542. The average molecular weight is 298 g/mol. The van der Waals surface area contributed by atoms with E-state index in [2.05, 4.69) is 0 Å². The zero-order chi connectivity index (χ0) is 14.8. The van der Waals surface area contributed by atoms with Crippen molar-refractivity contribution in [3.05, 3.63) is 29.8 Å². The Labute approximate surface area is 120 Å². The maximum atomic E-state index is 12.5. The van der Waals surface area contributed by atoms with E-state index in [-0.39, 0.29) is 0 Å². The van der Waals surface area contributed by atoms with Gasteiger partial charge in [-0.2, -0.15) is 4.31 Å². The van der Waals surface area contributed by atoms with E-state index < -0.39 is 15.6 Å². The molecule has 0 saturated carbocycles. The van der Waals surface area contributed by atoms with E-state index in [1.165, 1.54) is 4.31 Å². The monoisotopic (exact) mass is 298 g/mol. The molecule has 1 aliphatic rings. The summed E-state index contributed by atoms with van der Waals surface area (Å²) in [6.45, 7) is 3.02. The fourth-order valence-electron chi connectivity index (χ4n) is 2.35. The molecule has 0 aliphatic carbocycles. The first-order valence-electron chi connectivity index (χ1n) is 6.87. The van der Waals surface area contributed by atoms with E-state index in [0.29, 0.717) is 37.4 Å². The predicted octanol–water partition coefficient (Wildman–Crippen LogP) is 0.723. The quantitative estimate of drug-likeness (QED) is 0.858. The summed E-state index contributed by atoms with van der Waals surface area (Å²) < 4.78 is 26.4. The molecular formula is C14H22N2O3S. The molecular weight excluding hydrogens is 276 g/mol. The highest BCUT2D eigenvalue weighted by Crippen LogP contribution is 2.26. The van der Waals surface area contributed by atoms with Crippen molar-refractivity contribution < 1.29 is 13.5 Å². The first-order valence-corrected chi connectivity index (χ1v) is 8.31. The molecule has 1 saturated heterocycles. The van der Waals surface area contributed by atoms with Crippen LogP contribution >= 0.6 is 0 Å². The number of rotatable bonds is 4. The molecule has 20 heavy (non-hydrogen) atoms. The summed E-state index contributed by atoms with van der Waals surface area (Å²) in [6.07, 6.45) is 1.68. The highest BCUT2D eigenvalue weighted by Gasteiger charge is 2.33. The lowest BCUT2D eigenvalue weighted by Gasteiger charge is -2.34. The van der Waals surface area contributed by atoms with Crippen LogP contribution in [0.4, 0.5) is 0 Å². The largest absolute Gasteiger partial charge is 0.390 e. The molecule has 0 aromatic heterocycles. The first kappa shape index (κ1) is 15.4. The maximum Gasteiger partial charge on any atom is 0.243 e. The summed E-state index contributed by atoms with van der Waals surface area (Å²) in [5.74, 6) is 0. The molecule has 1 aromatic carbocycles. The molecule has 1 aliphatic heterocycles. The second kappa shape index (κ2) is 5.81. The minimum absolute atomic E-state index is 0.305. The van der Waals surface area contributed by atoms with Crippen molar-refractivity contribution in [3.8, 4) is 0 Å². The summed E-state index contributed by atoms with van der Waals surface area (Å²) in [5, 5.41) is 9.89. The molecule has 0 atom stereocenters. The summed E-state index contributed by atoms with van der Waals surface area (Å²) in [7, 11) is -3.45. The molecule has 0 bridgehead atoms. The van der Waals surface area contributed by atoms with E-state index in [1.807, 2.05) is 0 Å². The molecule has 2 rings (SSSR count). The topological polar surface area (TPSA) is 83.6 Å². The normalized spacial score (nSPS) is 19.9. The number of hydrogen-bond acceptors (Lipinski definition) is 4. The molecule has 1 heterocycles. The Balaban J connectivity index is 2.14. The van der Waals surface area contributed by atoms with E-state index in [0.717, 1.165) is 12.0 Å². The second-order valence-corrected chi connectivity index (χ2v) is 7.52. The lowest BCUT2D eigenvalue weighted by Crippen LogP contribution is -2.45. The highest BCUT2D eigenvalue weighted by atomic mass is 32.2. The minimum atomic E-state index is -3.45. The zero-order valence-corrected chi connectivity index (χ0v) is 12.6. The number of nitrogens with two attached hydrogens (primary N) is 1. The molecule has 0 radical (unpaired) electrons. The first-order chi connectivity index (χ1) is 9.35. The number of nitrogens with zero attached hydrogens (tertiary/aromatic N) is 1. The van der Waals surface area contributed by atoms with Crippen LogP contribution in [0.15, 0.2) is 29.2 Å². The average Bonchev–Trinajstić information content (AvgIpc) is 2.39. The van der Waals surface area contributed by atoms with Crippen molar-refractivity contribution in [2.24, 2.45) is 5.73 Å². The van der Waals surface area contributed by atoms with Gasteiger partial charge in [0, 0.05) is 13.1 Å². The van der Waals surface area contributed by atoms with Gasteiger partial charge in [-0.15, -0.1) is 0 Å². The number of sulfonamides is 1. The Morgan fingerprint density at radius 1 is 1.25 bits per heavy atom. The number of hydrogen-bond donors (Lipinski definition) is 2. The van der Waals surface area contributed by atoms with Crippen molar-refractivity contribution in [1.82, 2.24) is 4.31 Å². The Kier molecular flexibility index (Phi) is 4.49. The van der Waals surface area contributed by atoms with Crippen LogP contribution in [0.25, 0.3) is 0 Å². The van der Waals surface area contributed by atoms with Gasteiger partial charge in [0.2, 0.25) is 10.0 Å². The molecule has 5 nitrogen and oxygen atoms in total. The van der Waals surface area contributed by atoms with Crippen LogP contribution in [-0.4, -0.2) is 43.1 Å². The van der Waals surface area contributed by atoms with Crippen LogP contribution in [0.2, 0.25) is 0 Å². The third-order valence-corrected chi connectivity index (χ3v) is 5.71. The number of piperidine rings is 1. The van der Waals surface area contributed by atoms with Gasteiger partial charge in [0.15, 0.2) is 0 Å². The second-order valence-electron chi connectivity index (χ2n) is 5.58. The van der Waals surface area contributed by atoms with Gasteiger partial charge in [-0.05, 0) is 50.4 Å². The fraction of sp³-hybridized carbons (Fsp3) is 0.571. The van der Waals surface area contributed by atoms with Gasteiger partial charge in [0.05, 0.1) is 10.5 Å². The summed E-state index contributed by atoms with van der Waals surface area (Å²) in [5.41, 5.74) is 5.76. The standard InChI is InChI=1S/C14H22N2O3S/c1-14(17)7-10-16(11-8-14)20(18,19)13-4-2-12(3-5-13)6-9-15/h2-5,17H,6-11,15H2,1H3. The van der Waals surface area contributed by atoms with Crippen LogP contribution in [0, 0.1) is 0 Å². The van der Waals surface area contributed by atoms with Crippen LogP contribution in [0.1, 0.15) is 25.3 Å². The van der Waals surface area contributed by atoms with Crippen molar-refractivity contribution >= 4 is 10.0 Å². The third-order valence-electron chi connectivity index (χ3n) is 3.79. The van der Waals surface area contributed by atoms with Gasteiger partial charge in [-0.3, -0.25) is 0 Å². The van der Waals surface area contributed by atoms with Gasteiger partial charge in [-0.25, -0.2) is 8.42 Å². The van der Waals surface area contributed by atoms with E-state index in [1.54, 1.807) is 31.2 Å². The highest BCUT2D eigenvalue weighted by molar-refractivity contribution is 7.89. The fourth-order valence-corrected chi connectivity index (χ4v) is 3.79. The van der Waals surface area contributed by atoms with Gasteiger partial charge < -0.3 is 10.8 Å². The lowest BCUT2D eigenvalue weighted by atomic mass is 9.95. The number of aliphatic hydroxyl groups is 1. The third kappa shape index (κ3) is 3.38. The Morgan fingerprint density at radius 2 is 1.80 bits per heavy atom. The molecule has 0 unspecified atom stereocenters. The smallest absolute Gasteiger partial charge is 0.243 e. The van der Waals surface area contributed by atoms with E-state index in [9.17, 15) is 13.5 Å². The molecule has 0 amide bonds. The van der Waals surface area contributed by atoms with Crippen LogP contribution in [0.3, 0.4) is 0 Å². The SMILES string of the molecule is CC1(O)CCN(S(=O)(=O)c2ccc(CCN)cc2)CC1. The minimum Gasteiger partial charge on any atom is -0.390 e. The Morgan fingerprint density at radius 3 is 2.30 bits per heavy atom. The summed E-state index contributed by atoms with van der Waals surface area (Å²) >= 11 is 0. The zero-order valence-electron chi connectivity index (χ0n) is 11.7. The van der Waals surface area contributed by atoms with Gasteiger partial charge in [0.25, 0.3) is 0 Å². The molecule has 112 valence electrons. The molecule has 3 N–H and O–H groups in total. The molecule has 6 heteroatoms. The van der Waals surface area contributed by atoms with Crippen LogP contribution in [-0.2, 0) is 16.4 Å². The molecule has 1 fully saturated rings. The van der Waals surface area contributed by atoms with Crippen molar-refractivity contribution in [3.63, 3.8) is 0 Å².